The Kier molecular flexibility index (Phi) is 3.80. The van der Waals surface area contributed by atoms with Crippen LogP contribution in [0.2, 0.25) is 5.02 Å². The third-order valence-corrected chi connectivity index (χ3v) is 3.22. The van der Waals surface area contributed by atoms with Crippen molar-refractivity contribution in [2.75, 3.05) is 0 Å². The molecule has 15 heavy (non-hydrogen) atoms. The number of hydrogen-bond acceptors (Lipinski definition) is 1. The van der Waals surface area contributed by atoms with Crippen LogP contribution in [0.15, 0.2) is 18.2 Å². The van der Waals surface area contributed by atoms with Gasteiger partial charge in [-0.3, -0.25) is 0 Å². The Bertz CT molecular complexity index is 339. The molecule has 2 heteroatoms. The lowest BCUT2D eigenvalue weighted by atomic mass is 9.91. The maximum Gasteiger partial charge on any atom is 0.0444 e. The number of rotatable bonds is 3. The van der Waals surface area contributed by atoms with E-state index in [1.807, 2.05) is 19.9 Å². The minimum Gasteiger partial charge on any atom is -0.322 e. The maximum absolute atomic E-state index is 6.25. The van der Waals surface area contributed by atoms with Gasteiger partial charge in [0.15, 0.2) is 0 Å². The molecule has 0 aromatic heterocycles. The lowest BCUT2D eigenvalue weighted by Crippen LogP contribution is -2.28. The van der Waals surface area contributed by atoms with Crippen molar-refractivity contribution in [1.82, 2.24) is 0 Å². The van der Waals surface area contributed by atoms with E-state index in [-0.39, 0.29) is 5.54 Å². The normalized spacial score (nSPS) is 14.0. The zero-order valence-corrected chi connectivity index (χ0v) is 10.7. The highest BCUT2D eigenvalue weighted by Crippen LogP contribution is 2.30. The number of hydrogen-bond donors (Lipinski definition) is 1. The SMILES string of the molecule is CCC(C)c1ccc(C(C)(C)N)cc1Cl. The second kappa shape index (κ2) is 4.54. The largest absolute Gasteiger partial charge is 0.322 e. The quantitative estimate of drug-likeness (QED) is 0.826. The van der Waals surface area contributed by atoms with Crippen molar-refractivity contribution < 1.29 is 0 Å². The molecule has 0 bridgehead atoms. The van der Waals surface area contributed by atoms with Gasteiger partial charge in [-0.25, -0.2) is 0 Å². The van der Waals surface area contributed by atoms with Crippen LogP contribution in [0.3, 0.4) is 0 Å². The summed E-state index contributed by atoms with van der Waals surface area (Å²) in [7, 11) is 0. The van der Waals surface area contributed by atoms with E-state index >= 15 is 0 Å². The van der Waals surface area contributed by atoms with Crippen molar-refractivity contribution in [3.05, 3.63) is 34.3 Å². The molecule has 1 unspecified atom stereocenters. The van der Waals surface area contributed by atoms with Crippen molar-refractivity contribution in [2.24, 2.45) is 5.73 Å². The second-order valence-electron chi connectivity index (χ2n) is 4.77. The van der Waals surface area contributed by atoms with E-state index in [0.717, 1.165) is 17.0 Å². The third-order valence-electron chi connectivity index (χ3n) is 2.89. The molecule has 0 saturated carbocycles. The lowest BCUT2D eigenvalue weighted by Gasteiger charge is -2.21. The van der Waals surface area contributed by atoms with Crippen LogP contribution in [0.4, 0.5) is 0 Å². The van der Waals surface area contributed by atoms with Gasteiger partial charge >= 0.3 is 0 Å². The van der Waals surface area contributed by atoms with Crippen LogP contribution in [-0.2, 0) is 5.54 Å². The molecule has 0 fully saturated rings. The van der Waals surface area contributed by atoms with Gasteiger partial charge < -0.3 is 5.73 Å². The second-order valence-corrected chi connectivity index (χ2v) is 5.17. The summed E-state index contributed by atoms with van der Waals surface area (Å²) in [6.07, 6.45) is 1.10. The fourth-order valence-corrected chi connectivity index (χ4v) is 1.91. The van der Waals surface area contributed by atoms with Gasteiger partial charge in [0.25, 0.3) is 0 Å². The Morgan fingerprint density at radius 2 is 2.00 bits per heavy atom. The number of nitrogens with two attached hydrogens (primary N) is 1. The molecular weight excluding hydrogens is 206 g/mol. The van der Waals surface area contributed by atoms with Gasteiger partial charge in [-0.15, -0.1) is 0 Å². The maximum atomic E-state index is 6.25. The van der Waals surface area contributed by atoms with Gasteiger partial charge in [-0.1, -0.05) is 37.6 Å². The molecule has 2 N–H and O–H groups in total. The first-order valence-electron chi connectivity index (χ1n) is 5.45. The van der Waals surface area contributed by atoms with Gasteiger partial charge in [0, 0.05) is 10.6 Å². The minimum atomic E-state index is -0.322. The Morgan fingerprint density at radius 3 is 2.40 bits per heavy atom. The van der Waals surface area contributed by atoms with E-state index < -0.39 is 0 Å². The van der Waals surface area contributed by atoms with Gasteiger partial charge in [0.2, 0.25) is 0 Å². The smallest absolute Gasteiger partial charge is 0.0444 e. The Labute approximate surface area is 97.6 Å². The van der Waals surface area contributed by atoms with Gasteiger partial charge in [-0.2, -0.15) is 0 Å². The Balaban J connectivity index is 3.09. The number of benzene rings is 1. The lowest BCUT2D eigenvalue weighted by molar-refractivity contribution is 0.554. The monoisotopic (exact) mass is 225 g/mol. The van der Waals surface area contributed by atoms with Crippen LogP contribution in [0, 0.1) is 0 Å². The summed E-state index contributed by atoms with van der Waals surface area (Å²) in [5.41, 5.74) is 8.00. The summed E-state index contributed by atoms with van der Waals surface area (Å²) in [6, 6.07) is 6.16. The summed E-state index contributed by atoms with van der Waals surface area (Å²) in [5, 5.41) is 0.834. The molecule has 1 rings (SSSR count). The standard InChI is InChI=1S/C13H20ClN/c1-5-9(2)11-7-6-10(8-12(11)14)13(3,4)15/h6-9H,5,15H2,1-4H3. The van der Waals surface area contributed by atoms with Crippen LogP contribution in [0.25, 0.3) is 0 Å². The Hall–Kier alpha value is -0.530. The van der Waals surface area contributed by atoms with Crippen LogP contribution in [0.1, 0.15) is 51.2 Å². The van der Waals surface area contributed by atoms with Crippen LogP contribution in [-0.4, -0.2) is 0 Å². The highest BCUT2D eigenvalue weighted by Gasteiger charge is 2.16. The molecule has 1 aromatic rings. The Morgan fingerprint density at radius 1 is 1.40 bits per heavy atom. The fraction of sp³-hybridized carbons (Fsp3) is 0.538. The first kappa shape index (κ1) is 12.5. The molecule has 0 amide bonds. The van der Waals surface area contributed by atoms with Crippen LogP contribution in [0.5, 0.6) is 0 Å². The van der Waals surface area contributed by atoms with Gasteiger partial charge in [0.05, 0.1) is 0 Å². The average molecular weight is 226 g/mol. The van der Waals surface area contributed by atoms with E-state index in [0.29, 0.717) is 5.92 Å². The van der Waals surface area contributed by atoms with Crippen LogP contribution >= 0.6 is 11.6 Å². The highest BCUT2D eigenvalue weighted by molar-refractivity contribution is 6.31. The molecule has 1 nitrogen and oxygen atoms in total. The zero-order chi connectivity index (χ0) is 11.6. The molecule has 1 aromatic carbocycles. The van der Waals surface area contributed by atoms with E-state index in [2.05, 4.69) is 26.0 Å². The molecule has 0 aliphatic rings. The van der Waals surface area contributed by atoms with E-state index in [4.69, 9.17) is 17.3 Å². The topological polar surface area (TPSA) is 26.0 Å². The van der Waals surface area contributed by atoms with E-state index in [9.17, 15) is 0 Å². The van der Waals surface area contributed by atoms with Crippen molar-refractivity contribution in [1.29, 1.82) is 0 Å². The molecule has 0 spiro atoms. The molecular formula is C13H20ClN. The molecule has 0 radical (unpaired) electrons. The van der Waals surface area contributed by atoms with Crippen LogP contribution < -0.4 is 5.73 Å². The summed E-state index contributed by atoms with van der Waals surface area (Å²) in [4.78, 5) is 0. The van der Waals surface area contributed by atoms with Crippen molar-refractivity contribution in [2.45, 2.75) is 45.6 Å². The first-order chi connectivity index (χ1) is 6.86. The average Bonchev–Trinajstić information content (AvgIpc) is 2.15. The summed E-state index contributed by atoms with van der Waals surface area (Å²) < 4.78 is 0. The third kappa shape index (κ3) is 2.96. The fourth-order valence-electron chi connectivity index (χ4n) is 1.55. The molecule has 0 aliphatic carbocycles. The molecule has 0 aliphatic heterocycles. The first-order valence-corrected chi connectivity index (χ1v) is 5.83. The summed E-state index contributed by atoms with van der Waals surface area (Å²) in [5.74, 6) is 0.507. The van der Waals surface area contributed by atoms with Gasteiger partial charge in [-0.05, 0) is 43.4 Å². The van der Waals surface area contributed by atoms with Gasteiger partial charge in [0.1, 0.15) is 0 Å². The molecule has 0 heterocycles. The van der Waals surface area contributed by atoms with E-state index in [1.54, 1.807) is 0 Å². The predicted molar refractivity (Wildman–Crippen MR) is 67.4 cm³/mol. The van der Waals surface area contributed by atoms with E-state index in [1.165, 1.54) is 5.56 Å². The predicted octanol–water partition coefficient (Wildman–Crippen LogP) is 4.05. The molecule has 0 saturated heterocycles. The van der Waals surface area contributed by atoms with Crippen molar-refractivity contribution in [3.63, 3.8) is 0 Å². The van der Waals surface area contributed by atoms with Crippen molar-refractivity contribution >= 4 is 11.6 Å². The summed E-state index contributed by atoms with van der Waals surface area (Å²) in [6.45, 7) is 8.33. The zero-order valence-electron chi connectivity index (χ0n) is 9.97. The minimum absolute atomic E-state index is 0.322. The number of halogens is 1. The summed E-state index contributed by atoms with van der Waals surface area (Å²) >= 11 is 6.25. The molecule has 1 atom stereocenters. The molecule has 84 valence electrons. The highest BCUT2D eigenvalue weighted by atomic mass is 35.5. The van der Waals surface area contributed by atoms with Crippen molar-refractivity contribution in [3.8, 4) is 0 Å².